The van der Waals surface area contributed by atoms with E-state index < -0.39 is 85.7 Å². The predicted molar refractivity (Wildman–Crippen MR) is 198 cm³/mol. The van der Waals surface area contributed by atoms with Crippen molar-refractivity contribution < 1.29 is 133 Å². The minimum absolute atomic E-state index is 0.125. The molecular formula is C38H37F16N3O13. The summed E-state index contributed by atoms with van der Waals surface area (Å²) in [5, 5.41) is 30.1. The van der Waals surface area contributed by atoms with Gasteiger partial charge in [0, 0.05) is 13.1 Å². The van der Waals surface area contributed by atoms with E-state index >= 15 is 0 Å². The highest BCUT2D eigenvalue weighted by molar-refractivity contribution is 5.82. The van der Waals surface area contributed by atoms with Crippen LogP contribution in [0.25, 0.3) is 0 Å². The van der Waals surface area contributed by atoms with Crippen molar-refractivity contribution in [1.82, 2.24) is 10.6 Å². The summed E-state index contributed by atoms with van der Waals surface area (Å²) in [6.45, 7) is -0.558. The Balaban J connectivity index is 0.000000638. The molecule has 0 fully saturated rings. The molecule has 0 heterocycles. The molecular weight excluding hydrogens is 1010 g/mol. The third-order valence-corrected chi connectivity index (χ3v) is 7.72. The molecule has 2 amide bonds. The van der Waals surface area contributed by atoms with Gasteiger partial charge in [-0.25, -0.2) is 28.5 Å². The average Bonchev–Trinajstić information content (AvgIpc) is 3.24. The largest absolute Gasteiger partial charge is 0.508 e. The topological polar surface area (TPSA) is 234 Å². The normalized spacial score (nSPS) is 12.6. The molecule has 32 heteroatoms. The van der Waals surface area contributed by atoms with Crippen LogP contribution in [-0.2, 0) is 66.9 Å². The molecule has 0 atom stereocenters. The van der Waals surface area contributed by atoms with Crippen LogP contribution in [0.4, 0.5) is 70.2 Å². The van der Waals surface area contributed by atoms with E-state index in [9.17, 15) is 89.4 Å². The van der Waals surface area contributed by atoms with Crippen LogP contribution in [0.5, 0.6) is 17.2 Å². The highest BCUT2D eigenvalue weighted by Gasteiger charge is 2.71. The number of rotatable bonds is 22. The number of halogens is 16. The number of methoxy groups -OCH3 is 2. The zero-order valence-corrected chi connectivity index (χ0v) is 35.2. The number of nitrogens with two attached hydrogens (primary N) is 1. The Morgan fingerprint density at radius 3 is 0.886 bits per heavy atom. The second kappa shape index (κ2) is 25.0. The minimum Gasteiger partial charge on any atom is -0.508 e. The van der Waals surface area contributed by atoms with Crippen molar-refractivity contribution >= 4 is 23.8 Å². The third kappa shape index (κ3) is 19.2. The van der Waals surface area contributed by atoms with Gasteiger partial charge in [0.05, 0.1) is 14.2 Å². The number of alkyl halides is 16. The first-order valence-corrected chi connectivity index (χ1v) is 18.5. The maximum atomic E-state index is 13.7. The number of ether oxygens (including phenoxy) is 6. The summed E-state index contributed by atoms with van der Waals surface area (Å²) >= 11 is 0. The molecule has 70 heavy (non-hydrogen) atoms. The molecule has 7 N–H and O–H groups in total. The number of carbonyl (C=O) groups is 4. The van der Waals surface area contributed by atoms with Gasteiger partial charge < -0.3 is 41.2 Å². The smallest absolute Gasteiger partial charge is 0.460 e. The van der Waals surface area contributed by atoms with Crippen molar-refractivity contribution in [3.8, 4) is 17.2 Å². The van der Waals surface area contributed by atoms with Crippen LogP contribution >= 0.6 is 0 Å². The molecule has 3 aromatic rings. The molecule has 394 valence electrons. The first kappa shape index (κ1) is 61.6. The van der Waals surface area contributed by atoms with Gasteiger partial charge in [0.15, 0.2) is 0 Å². The predicted octanol–water partition coefficient (Wildman–Crippen LogP) is 6.15. The second-order valence-electron chi connectivity index (χ2n) is 13.1. The lowest BCUT2D eigenvalue weighted by atomic mass is 10.1. The van der Waals surface area contributed by atoms with E-state index in [1.165, 1.54) is 64.7 Å². The van der Waals surface area contributed by atoms with Crippen LogP contribution in [-0.4, -0.2) is 122 Å². The summed E-state index contributed by atoms with van der Waals surface area (Å²) in [7, 11) is 0.551. The molecule has 0 radical (unpaired) electrons. The molecule has 0 aliphatic rings. The van der Waals surface area contributed by atoms with Crippen LogP contribution in [0, 0.1) is 0 Å². The molecule has 0 aliphatic carbocycles. The van der Waals surface area contributed by atoms with Gasteiger partial charge in [-0.05, 0) is 78.9 Å². The Kier molecular flexibility index (Phi) is 22.0. The number of hydrogen-bond donors (Lipinski definition) is 6. The van der Waals surface area contributed by atoms with E-state index in [4.69, 9.17) is 21.1 Å². The van der Waals surface area contributed by atoms with E-state index in [1.54, 1.807) is 12.1 Å². The van der Waals surface area contributed by atoms with Gasteiger partial charge in [-0.2, -0.15) is 70.2 Å². The molecule has 0 saturated heterocycles. The number of amides is 2. The Morgan fingerprint density at radius 1 is 0.429 bits per heavy atom. The van der Waals surface area contributed by atoms with E-state index in [0.29, 0.717) is 23.4 Å². The first-order valence-electron chi connectivity index (χ1n) is 18.5. The summed E-state index contributed by atoms with van der Waals surface area (Å²) in [6.07, 6.45) is -47.8. The molecule has 3 aromatic carbocycles. The average molecular weight is 1050 g/mol. The van der Waals surface area contributed by atoms with Gasteiger partial charge in [0.25, 0.3) is 0 Å². The fraction of sp³-hybridized carbons (Fsp3) is 0.421. The maximum Gasteiger partial charge on any atom is 0.460 e. The van der Waals surface area contributed by atoms with Crippen molar-refractivity contribution in [1.29, 1.82) is 0 Å². The van der Waals surface area contributed by atoms with E-state index in [2.05, 4.69) is 28.4 Å². The molecule has 0 saturated carbocycles. The number of aromatic hydroxyl groups is 3. The third-order valence-electron chi connectivity index (χ3n) is 7.72. The van der Waals surface area contributed by atoms with Crippen LogP contribution in [0.2, 0.25) is 0 Å². The molecule has 0 aliphatic heterocycles. The number of benzene rings is 3. The van der Waals surface area contributed by atoms with Crippen LogP contribution in [0.3, 0.4) is 0 Å². The fourth-order valence-corrected chi connectivity index (χ4v) is 4.30. The van der Waals surface area contributed by atoms with Crippen molar-refractivity contribution in [2.75, 3.05) is 33.9 Å². The Labute approximate surface area is 382 Å². The van der Waals surface area contributed by atoms with Crippen LogP contribution in [0.1, 0.15) is 16.7 Å². The Morgan fingerprint density at radius 2 is 0.657 bits per heavy atom. The van der Waals surface area contributed by atoms with Gasteiger partial charge in [0.1, 0.15) is 17.2 Å². The monoisotopic (exact) mass is 1050 g/mol. The number of phenols is 3. The maximum absolute atomic E-state index is 13.7. The SMILES string of the molecule is COC(=O)C(F)(F)OC(F)(F)C(F)(F)OC(F)(F)C(=O)OC.NCCc1ccc(O)cc1.O=C(NCCc1ccc(O)cc1)C(F)(F)OC(F)(F)C(F)(F)OC(F)(F)C(=O)NCCc1ccc(O)cc1. The molecule has 3 rings (SSSR count). The van der Waals surface area contributed by atoms with Gasteiger partial charge in [0.2, 0.25) is 0 Å². The fourth-order valence-electron chi connectivity index (χ4n) is 4.30. The van der Waals surface area contributed by atoms with Crippen molar-refractivity contribution in [2.24, 2.45) is 5.73 Å². The standard InChI is InChI=1S/C22H20F8N2O6.C8H6F8O6.C8H11NO/c23-19(24,17(35)31-11-9-13-1-5-15(33)6-2-13)37-21(27,28)22(29,30)38-20(25,26)18(36)32-12-10-14-3-7-16(34)8-4-14;1-19-3(17)5(9,10)21-7(13,14)8(15,16)22-6(11,12)4(18)20-2;9-6-5-7-1-3-8(10)4-2-7/h1-8,33-34H,9-12H2,(H,31,35)(H,32,36);1-2H3;1-4,10H,5-6,9H2. The van der Waals surface area contributed by atoms with Gasteiger partial charge in [-0.3, -0.25) is 9.59 Å². The number of phenolic OH excluding ortho intramolecular Hbond substituents is 3. The molecule has 16 nitrogen and oxygen atoms in total. The van der Waals surface area contributed by atoms with Crippen molar-refractivity contribution in [3.63, 3.8) is 0 Å². The van der Waals surface area contributed by atoms with Crippen LogP contribution in [0.15, 0.2) is 72.8 Å². The lowest BCUT2D eigenvalue weighted by molar-refractivity contribution is -0.502. The summed E-state index contributed by atoms with van der Waals surface area (Å²) in [4.78, 5) is 43.7. The first-order chi connectivity index (χ1) is 31.9. The number of carbonyl (C=O) groups excluding carboxylic acids is 4. The number of esters is 2. The quantitative estimate of drug-likeness (QED) is 0.0490. The molecule has 0 unspecified atom stereocenters. The number of nitrogens with one attached hydrogen (secondary N) is 2. The van der Waals surface area contributed by atoms with E-state index in [-0.39, 0.29) is 38.6 Å². The summed E-state index contributed by atoms with van der Waals surface area (Å²) in [5.74, 6) is -10.8. The Bertz CT molecular complexity index is 2030. The summed E-state index contributed by atoms with van der Waals surface area (Å²) < 4.78 is 228. The van der Waals surface area contributed by atoms with Gasteiger partial charge in [-0.15, -0.1) is 0 Å². The zero-order valence-electron chi connectivity index (χ0n) is 35.2. The lowest BCUT2D eigenvalue weighted by Gasteiger charge is -2.30. The highest BCUT2D eigenvalue weighted by Crippen LogP contribution is 2.45. The lowest BCUT2D eigenvalue weighted by Crippen LogP contribution is -2.57. The zero-order chi connectivity index (χ0) is 54.2. The van der Waals surface area contributed by atoms with Crippen molar-refractivity contribution in [2.45, 2.75) is 68.1 Å². The highest BCUT2D eigenvalue weighted by atomic mass is 19.4. The van der Waals surface area contributed by atoms with Gasteiger partial charge >= 0.3 is 72.6 Å². The van der Waals surface area contributed by atoms with E-state index in [1.807, 2.05) is 12.1 Å². The minimum atomic E-state index is -6.50. The molecule has 0 spiro atoms. The van der Waals surface area contributed by atoms with Crippen LogP contribution < -0.4 is 16.4 Å². The van der Waals surface area contributed by atoms with Gasteiger partial charge in [-0.1, -0.05) is 36.4 Å². The van der Waals surface area contributed by atoms with Crippen molar-refractivity contribution in [3.05, 3.63) is 89.5 Å². The summed E-state index contributed by atoms with van der Waals surface area (Å²) in [5.41, 5.74) is 7.31. The summed E-state index contributed by atoms with van der Waals surface area (Å²) in [6, 6.07) is 17.4. The van der Waals surface area contributed by atoms with E-state index in [0.717, 1.165) is 6.42 Å². The molecule has 0 bridgehead atoms. The Hall–Kier alpha value is -6.38. The second-order valence-corrected chi connectivity index (χ2v) is 13.1. The molecule has 0 aromatic heterocycles. The number of hydrogen-bond acceptors (Lipinski definition) is 14.